The largest absolute Gasteiger partial charge is 0.312 e. The number of hydrogen-bond acceptors (Lipinski definition) is 3. The summed E-state index contributed by atoms with van der Waals surface area (Å²) in [5, 5.41) is 10.2. The fourth-order valence-electron chi connectivity index (χ4n) is 1.68. The van der Waals surface area contributed by atoms with Gasteiger partial charge in [0, 0.05) is 12.1 Å². The van der Waals surface area contributed by atoms with Crippen molar-refractivity contribution in [2.45, 2.75) is 20.4 Å². The van der Waals surface area contributed by atoms with Crippen LogP contribution in [0, 0.1) is 5.92 Å². The summed E-state index contributed by atoms with van der Waals surface area (Å²) < 4.78 is 0. The molecule has 0 aliphatic heterocycles. The van der Waals surface area contributed by atoms with Crippen LogP contribution in [0.2, 0.25) is 0 Å². The Morgan fingerprint density at radius 1 is 1.35 bits per heavy atom. The van der Waals surface area contributed by atoms with Gasteiger partial charge in [0.2, 0.25) is 0 Å². The molecule has 0 spiro atoms. The van der Waals surface area contributed by atoms with Crippen molar-refractivity contribution in [1.29, 1.82) is 0 Å². The number of H-pyrrole nitrogens is 1. The highest BCUT2D eigenvalue weighted by molar-refractivity contribution is 5.55. The average Bonchev–Trinajstić information content (AvgIpc) is 2.82. The third-order valence-corrected chi connectivity index (χ3v) is 2.50. The van der Waals surface area contributed by atoms with Crippen LogP contribution in [-0.2, 0) is 6.54 Å². The molecule has 1 aromatic heterocycles. The number of aromatic amines is 1. The molecular weight excluding hydrogens is 212 g/mol. The molecule has 0 radical (unpaired) electrons. The minimum Gasteiger partial charge on any atom is -0.312 e. The van der Waals surface area contributed by atoms with Crippen molar-refractivity contribution in [2.24, 2.45) is 5.92 Å². The zero-order valence-corrected chi connectivity index (χ0v) is 10.3. The van der Waals surface area contributed by atoms with E-state index in [4.69, 9.17) is 0 Å². The van der Waals surface area contributed by atoms with Crippen molar-refractivity contribution in [2.75, 3.05) is 6.54 Å². The van der Waals surface area contributed by atoms with E-state index in [1.54, 1.807) is 0 Å². The summed E-state index contributed by atoms with van der Waals surface area (Å²) >= 11 is 0. The number of nitrogens with zero attached hydrogens (tertiary/aromatic N) is 2. The predicted molar refractivity (Wildman–Crippen MR) is 68.4 cm³/mol. The van der Waals surface area contributed by atoms with Crippen LogP contribution in [0.4, 0.5) is 0 Å². The molecule has 4 nitrogen and oxygen atoms in total. The lowest BCUT2D eigenvalue weighted by Crippen LogP contribution is -2.18. The van der Waals surface area contributed by atoms with Gasteiger partial charge in [-0.05, 0) is 24.1 Å². The Hall–Kier alpha value is -1.68. The third kappa shape index (κ3) is 3.39. The van der Waals surface area contributed by atoms with E-state index in [0.29, 0.717) is 5.92 Å². The van der Waals surface area contributed by atoms with Gasteiger partial charge in [-0.1, -0.05) is 32.0 Å². The van der Waals surface area contributed by atoms with E-state index >= 15 is 0 Å². The van der Waals surface area contributed by atoms with Gasteiger partial charge >= 0.3 is 0 Å². The van der Waals surface area contributed by atoms with Gasteiger partial charge in [0.25, 0.3) is 0 Å². The van der Waals surface area contributed by atoms with E-state index in [2.05, 4.69) is 46.5 Å². The summed E-state index contributed by atoms with van der Waals surface area (Å²) in [6.07, 6.45) is 1.53. The highest BCUT2D eigenvalue weighted by Gasteiger charge is 2.01. The summed E-state index contributed by atoms with van der Waals surface area (Å²) in [7, 11) is 0. The number of nitrogens with one attached hydrogen (secondary N) is 2. The maximum absolute atomic E-state index is 4.15. The molecule has 0 atom stereocenters. The molecule has 90 valence electrons. The highest BCUT2D eigenvalue weighted by Crippen LogP contribution is 2.15. The molecule has 1 heterocycles. The predicted octanol–water partition coefficient (Wildman–Crippen LogP) is 2.22. The molecule has 0 bridgehead atoms. The molecule has 1 aromatic carbocycles. The van der Waals surface area contributed by atoms with Gasteiger partial charge in [0.15, 0.2) is 5.82 Å². The minimum atomic E-state index is 0.674. The molecule has 0 saturated heterocycles. The van der Waals surface area contributed by atoms with Gasteiger partial charge in [-0.25, -0.2) is 4.98 Å². The molecule has 2 rings (SSSR count). The average molecular weight is 230 g/mol. The SMILES string of the molecule is CC(C)CNCc1cccc(-c2ncn[nH]2)c1. The highest BCUT2D eigenvalue weighted by atomic mass is 15.2. The smallest absolute Gasteiger partial charge is 0.155 e. The quantitative estimate of drug-likeness (QED) is 0.828. The standard InChI is InChI=1S/C13H18N4/c1-10(2)7-14-8-11-4-3-5-12(6-11)13-15-9-16-17-13/h3-6,9-10,14H,7-8H2,1-2H3,(H,15,16,17). The van der Waals surface area contributed by atoms with Gasteiger partial charge in [0.1, 0.15) is 6.33 Å². The first-order chi connectivity index (χ1) is 8.25. The summed E-state index contributed by atoms with van der Waals surface area (Å²) in [4.78, 5) is 4.15. The lowest BCUT2D eigenvalue weighted by atomic mass is 10.1. The van der Waals surface area contributed by atoms with Crippen LogP contribution in [0.5, 0.6) is 0 Å². The van der Waals surface area contributed by atoms with Crippen molar-refractivity contribution in [1.82, 2.24) is 20.5 Å². The normalized spacial score (nSPS) is 11.0. The fourth-order valence-corrected chi connectivity index (χ4v) is 1.68. The molecule has 0 unspecified atom stereocenters. The van der Waals surface area contributed by atoms with Crippen LogP contribution < -0.4 is 5.32 Å². The van der Waals surface area contributed by atoms with E-state index < -0.39 is 0 Å². The molecule has 2 aromatic rings. The molecule has 4 heteroatoms. The van der Waals surface area contributed by atoms with Gasteiger partial charge in [-0.2, -0.15) is 5.10 Å². The number of hydrogen-bond donors (Lipinski definition) is 2. The monoisotopic (exact) mass is 230 g/mol. The Morgan fingerprint density at radius 2 is 2.24 bits per heavy atom. The fraction of sp³-hybridized carbons (Fsp3) is 0.385. The Kier molecular flexibility index (Phi) is 3.88. The van der Waals surface area contributed by atoms with E-state index in [0.717, 1.165) is 24.5 Å². The van der Waals surface area contributed by atoms with Crippen molar-refractivity contribution >= 4 is 0 Å². The molecule has 0 aliphatic carbocycles. The van der Waals surface area contributed by atoms with Crippen molar-refractivity contribution in [3.63, 3.8) is 0 Å². The van der Waals surface area contributed by atoms with Crippen LogP contribution in [0.3, 0.4) is 0 Å². The minimum absolute atomic E-state index is 0.674. The van der Waals surface area contributed by atoms with E-state index in [9.17, 15) is 0 Å². The van der Waals surface area contributed by atoms with Gasteiger partial charge in [-0.3, -0.25) is 5.10 Å². The van der Waals surface area contributed by atoms with Gasteiger partial charge < -0.3 is 5.32 Å². The molecule has 0 aliphatic rings. The zero-order valence-electron chi connectivity index (χ0n) is 10.3. The second kappa shape index (κ2) is 5.59. The van der Waals surface area contributed by atoms with Crippen LogP contribution in [0.15, 0.2) is 30.6 Å². The summed E-state index contributed by atoms with van der Waals surface area (Å²) in [6, 6.07) is 8.33. The van der Waals surface area contributed by atoms with Gasteiger partial charge in [-0.15, -0.1) is 0 Å². The first-order valence-corrected chi connectivity index (χ1v) is 5.91. The number of aromatic nitrogens is 3. The van der Waals surface area contributed by atoms with Crippen LogP contribution >= 0.6 is 0 Å². The van der Waals surface area contributed by atoms with Crippen molar-refractivity contribution in [3.05, 3.63) is 36.2 Å². The Bertz CT molecular complexity index is 448. The Morgan fingerprint density at radius 3 is 2.94 bits per heavy atom. The van der Waals surface area contributed by atoms with Crippen molar-refractivity contribution < 1.29 is 0 Å². The lowest BCUT2D eigenvalue weighted by molar-refractivity contribution is 0.552. The van der Waals surface area contributed by atoms with Crippen LogP contribution in [-0.4, -0.2) is 21.7 Å². The zero-order chi connectivity index (χ0) is 12.1. The lowest BCUT2D eigenvalue weighted by Gasteiger charge is -2.08. The van der Waals surface area contributed by atoms with E-state index in [1.807, 2.05) is 12.1 Å². The molecule has 2 N–H and O–H groups in total. The molecular formula is C13H18N4. The summed E-state index contributed by atoms with van der Waals surface area (Å²) in [6.45, 7) is 6.34. The first kappa shape index (κ1) is 11.8. The maximum Gasteiger partial charge on any atom is 0.155 e. The second-order valence-electron chi connectivity index (χ2n) is 4.56. The van der Waals surface area contributed by atoms with Crippen molar-refractivity contribution in [3.8, 4) is 11.4 Å². The Balaban J connectivity index is 2.02. The molecule has 17 heavy (non-hydrogen) atoms. The Labute approximate surface area is 101 Å². The number of benzene rings is 1. The number of rotatable bonds is 5. The molecule has 0 amide bonds. The molecule has 0 saturated carbocycles. The summed E-state index contributed by atoms with van der Waals surface area (Å²) in [5.74, 6) is 1.49. The first-order valence-electron chi connectivity index (χ1n) is 5.91. The van der Waals surface area contributed by atoms with Crippen LogP contribution in [0.1, 0.15) is 19.4 Å². The van der Waals surface area contributed by atoms with Gasteiger partial charge in [0.05, 0.1) is 0 Å². The maximum atomic E-state index is 4.15. The topological polar surface area (TPSA) is 53.6 Å². The summed E-state index contributed by atoms with van der Waals surface area (Å²) in [5.41, 5.74) is 2.34. The third-order valence-electron chi connectivity index (χ3n) is 2.50. The van der Waals surface area contributed by atoms with E-state index in [-0.39, 0.29) is 0 Å². The second-order valence-corrected chi connectivity index (χ2v) is 4.56. The van der Waals surface area contributed by atoms with Crippen LogP contribution in [0.25, 0.3) is 11.4 Å². The van der Waals surface area contributed by atoms with E-state index in [1.165, 1.54) is 11.9 Å². The molecule has 0 fully saturated rings.